The van der Waals surface area contributed by atoms with Crippen LogP contribution in [0.25, 0.3) is 10.8 Å². The van der Waals surface area contributed by atoms with Crippen molar-refractivity contribution in [1.82, 2.24) is 9.78 Å². The maximum Gasteiger partial charge on any atom is 0.418 e. The Morgan fingerprint density at radius 3 is 2.47 bits per heavy atom. The van der Waals surface area contributed by atoms with Gasteiger partial charge in [-0.1, -0.05) is 54.6 Å². The fourth-order valence-electron chi connectivity index (χ4n) is 3.23. The van der Waals surface area contributed by atoms with Crippen LogP contribution in [0, 0.1) is 0 Å². The maximum absolute atomic E-state index is 13.1. The van der Waals surface area contributed by atoms with Gasteiger partial charge in [-0.25, -0.2) is 0 Å². The van der Waals surface area contributed by atoms with Crippen LogP contribution in [0.1, 0.15) is 11.1 Å². The van der Waals surface area contributed by atoms with Gasteiger partial charge in [0.2, 0.25) is 0 Å². The monoisotopic (exact) mass is 426 g/mol. The number of nitrogens with one attached hydrogen (secondary N) is 2. The molecule has 0 fully saturated rings. The minimum atomic E-state index is -4.47. The average molecular weight is 426 g/mol. The Morgan fingerprint density at radius 1 is 0.900 bits per heavy atom. The van der Waals surface area contributed by atoms with Gasteiger partial charge < -0.3 is 10.6 Å². The number of alkyl halides is 3. The first-order valence-corrected chi connectivity index (χ1v) is 9.55. The van der Waals surface area contributed by atoms with Crippen LogP contribution in [0.15, 0.2) is 79.0 Å². The number of fused-ring (bicyclic) bond motifs is 1. The summed E-state index contributed by atoms with van der Waals surface area (Å²) in [6, 6.07) is 21.1. The van der Waals surface area contributed by atoms with Gasteiger partial charge in [-0.2, -0.15) is 18.3 Å². The smallest absolute Gasteiger partial charge is 0.332 e. The number of hydrogen-bond donors (Lipinski definition) is 2. The molecule has 0 amide bonds. The molecule has 0 spiro atoms. The Bertz CT molecular complexity index is 1190. The van der Waals surface area contributed by atoms with Gasteiger partial charge in [-0.15, -0.1) is 0 Å². The van der Waals surface area contributed by atoms with Gasteiger partial charge in [0.05, 0.1) is 17.8 Å². The third kappa shape index (κ3) is 4.44. The molecular formula is C22H17F3N4S. The number of halogens is 3. The van der Waals surface area contributed by atoms with Crippen LogP contribution in [0.4, 0.5) is 24.7 Å². The molecule has 4 nitrogen and oxygen atoms in total. The summed E-state index contributed by atoms with van der Waals surface area (Å²) in [6.07, 6.45) is -2.68. The standard InChI is InChI=1S/C22H17F3N4S/c23-22(24,25)18-10-3-4-11-19(18)26-21(30)27-20-12-13-29(28-20)14-16-8-5-7-15-6-1-2-9-17(15)16/h1-13H,14H2,(H2,26,27,28,30). The van der Waals surface area contributed by atoms with Gasteiger partial charge >= 0.3 is 6.18 Å². The van der Waals surface area contributed by atoms with Gasteiger partial charge in [-0.05, 0) is 40.7 Å². The normalized spacial score (nSPS) is 11.4. The quantitative estimate of drug-likeness (QED) is 0.398. The summed E-state index contributed by atoms with van der Waals surface area (Å²) in [5, 5.41) is 12.2. The Morgan fingerprint density at radius 2 is 1.63 bits per heavy atom. The van der Waals surface area contributed by atoms with Gasteiger partial charge in [0.25, 0.3) is 0 Å². The minimum absolute atomic E-state index is 0.0297. The van der Waals surface area contributed by atoms with Crippen LogP contribution < -0.4 is 10.6 Å². The molecule has 2 N–H and O–H groups in total. The van der Waals surface area contributed by atoms with Crippen molar-refractivity contribution in [3.63, 3.8) is 0 Å². The van der Waals surface area contributed by atoms with E-state index in [0.717, 1.165) is 22.4 Å². The second-order valence-electron chi connectivity index (χ2n) is 6.66. The molecule has 0 radical (unpaired) electrons. The second-order valence-corrected chi connectivity index (χ2v) is 7.07. The topological polar surface area (TPSA) is 41.9 Å². The number of aromatic nitrogens is 2. The molecule has 0 aliphatic carbocycles. The highest BCUT2D eigenvalue weighted by atomic mass is 32.1. The van der Waals surface area contributed by atoms with E-state index in [-0.39, 0.29) is 10.8 Å². The van der Waals surface area contributed by atoms with E-state index in [1.807, 2.05) is 24.3 Å². The highest BCUT2D eigenvalue weighted by molar-refractivity contribution is 7.80. The Kier molecular flexibility index (Phi) is 5.41. The van der Waals surface area contributed by atoms with E-state index in [9.17, 15) is 13.2 Å². The summed E-state index contributed by atoms with van der Waals surface area (Å²) in [5.41, 5.74) is 0.218. The molecule has 30 heavy (non-hydrogen) atoms. The van der Waals surface area contributed by atoms with Crippen LogP contribution in [-0.4, -0.2) is 14.9 Å². The highest BCUT2D eigenvalue weighted by Gasteiger charge is 2.33. The first-order valence-electron chi connectivity index (χ1n) is 9.14. The van der Waals surface area contributed by atoms with Crippen molar-refractivity contribution >= 4 is 39.6 Å². The van der Waals surface area contributed by atoms with E-state index < -0.39 is 11.7 Å². The number of benzene rings is 3. The SMILES string of the molecule is FC(F)(F)c1ccccc1NC(=S)Nc1ccn(Cc2cccc3ccccc23)n1. The molecule has 1 heterocycles. The summed E-state index contributed by atoms with van der Waals surface area (Å²) in [5.74, 6) is 0.442. The molecule has 0 unspecified atom stereocenters. The van der Waals surface area contributed by atoms with Crippen molar-refractivity contribution in [2.24, 2.45) is 0 Å². The largest absolute Gasteiger partial charge is 0.418 e. The number of para-hydroxylation sites is 1. The Balaban J connectivity index is 1.46. The molecule has 0 bridgehead atoms. The van der Waals surface area contributed by atoms with Crippen molar-refractivity contribution in [3.8, 4) is 0 Å². The van der Waals surface area contributed by atoms with Crippen LogP contribution in [0.5, 0.6) is 0 Å². The van der Waals surface area contributed by atoms with Crippen molar-refractivity contribution in [2.75, 3.05) is 10.6 Å². The molecule has 4 rings (SSSR count). The second kappa shape index (κ2) is 8.16. The molecule has 0 atom stereocenters. The molecule has 152 valence electrons. The highest BCUT2D eigenvalue weighted by Crippen LogP contribution is 2.34. The number of hydrogen-bond acceptors (Lipinski definition) is 2. The Labute approximate surface area is 176 Å². The molecular weight excluding hydrogens is 409 g/mol. The lowest BCUT2D eigenvalue weighted by molar-refractivity contribution is -0.136. The molecule has 0 aliphatic rings. The van der Waals surface area contributed by atoms with Gasteiger partial charge in [-0.3, -0.25) is 4.68 Å². The van der Waals surface area contributed by atoms with Crippen LogP contribution in [0.2, 0.25) is 0 Å². The third-order valence-corrected chi connectivity index (χ3v) is 4.78. The number of anilines is 2. The van der Waals surface area contributed by atoms with E-state index in [1.165, 1.54) is 18.2 Å². The predicted octanol–water partition coefficient (Wildman–Crippen LogP) is 5.91. The average Bonchev–Trinajstić information content (AvgIpc) is 3.14. The van der Waals surface area contributed by atoms with Crippen LogP contribution >= 0.6 is 12.2 Å². The number of rotatable bonds is 4. The Hall–Kier alpha value is -3.39. The molecule has 0 saturated carbocycles. The zero-order valence-electron chi connectivity index (χ0n) is 15.6. The minimum Gasteiger partial charge on any atom is -0.332 e. The fourth-order valence-corrected chi connectivity index (χ4v) is 3.45. The van der Waals surface area contributed by atoms with E-state index in [1.54, 1.807) is 16.9 Å². The molecule has 3 aromatic carbocycles. The van der Waals surface area contributed by atoms with Crippen molar-refractivity contribution < 1.29 is 13.2 Å². The van der Waals surface area contributed by atoms with E-state index >= 15 is 0 Å². The summed E-state index contributed by atoms with van der Waals surface area (Å²) in [6.45, 7) is 0.556. The van der Waals surface area contributed by atoms with Gasteiger partial charge in [0.15, 0.2) is 10.9 Å². The summed E-state index contributed by atoms with van der Waals surface area (Å²) in [7, 11) is 0. The molecule has 0 aliphatic heterocycles. The summed E-state index contributed by atoms with van der Waals surface area (Å²) >= 11 is 5.16. The van der Waals surface area contributed by atoms with E-state index in [0.29, 0.717) is 12.4 Å². The first-order chi connectivity index (χ1) is 14.4. The van der Waals surface area contributed by atoms with E-state index in [2.05, 4.69) is 33.9 Å². The van der Waals surface area contributed by atoms with E-state index in [4.69, 9.17) is 12.2 Å². The molecule has 4 aromatic rings. The molecule has 0 saturated heterocycles. The molecule has 8 heteroatoms. The molecule has 1 aromatic heterocycles. The van der Waals surface area contributed by atoms with Crippen molar-refractivity contribution in [2.45, 2.75) is 12.7 Å². The fraction of sp³-hybridized carbons (Fsp3) is 0.0909. The van der Waals surface area contributed by atoms with Crippen LogP contribution in [-0.2, 0) is 12.7 Å². The lowest BCUT2D eigenvalue weighted by atomic mass is 10.0. The maximum atomic E-state index is 13.1. The van der Waals surface area contributed by atoms with Gasteiger partial charge in [0, 0.05) is 12.3 Å². The van der Waals surface area contributed by atoms with Gasteiger partial charge in [0.1, 0.15) is 0 Å². The third-order valence-electron chi connectivity index (χ3n) is 4.58. The lowest BCUT2D eigenvalue weighted by Gasteiger charge is -2.15. The number of nitrogens with zero attached hydrogens (tertiary/aromatic N) is 2. The lowest BCUT2D eigenvalue weighted by Crippen LogP contribution is -2.22. The first kappa shape index (κ1) is 19.9. The summed E-state index contributed by atoms with van der Waals surface area (Å²) in [4.78, 5) is 0. The van der Waals surface area contributed by atoms with Crippen molar-refractivity contribution in [3.05, 3.63) is 90.1 Å². The predicted molar refractivity (Wildman–Crippen MR) is 117 cm³/mol. The van der Waals surface area contributed by atoms with Crippen molar-refractivity contribution in [1.29, 1.82) is 0 Å². The zero-order chi connectivity index (χ0) is 21.1. The number of thiocarbonyl (C=S) groups is 1. The zero-order valence-corrected chi connectivity index (χ0v) is 16.5. The van der Waals surface area contributed by atoms with Crippen LogP contribution in [0.3, 0.4) is 0 Å². The summed E-state index contributed by atoms with van der Waals surface area (Å²) < 4.78 is 41.1.